The fourth-order valence-corrected chi connectivity index (χ4v) is 3.14. The van der Waals surface area contributed by atoms with E-state index < -0.39 is 5.97 Å². The van der Waals surface area contributed by atoms with Crippen LogP contribution in [0, 0.1) is 5.92 Å². The zero-order valence-electron chi connectivity index (χ0n) is 15.8. The summed E-state index contributed by atoms with van der Waals surface area (Å²) in [6, 6.07) is 11.5. The van der Waals surface area contributed by atoms with E-state index in [1.807, 2.05) is 36.4 Å². The van der Waals surface area contributed by atoms with Crippen molar-refractivity contribution in [1.82, 2.24) is 9.97 Å². The minimum atomic E-state index is -1.09. The van der Waals surface area contributed by atoms with Crippen molar-refractivity contribution in [2.45, 2.75) is 12.8 Å². The van der Waals surface area contributed by atoms with E-state index in [0.29, 0.717) is 28.5 Å². The molecule has 1 aliphatic carbocycles. The van der Waals surface area contributed by atoms with Gasteiger partial charge in [0, 0.05) is 36.1 Å². The number of aromatic carboxylic acids is 1. The van der Waals surface area contributed by atoms with Crippen molar-refractivity contribution in [2.24, 2.45) is 5.92 Å². The quantitative estimate of drug-likeness (QED) is 0.666. The van der Waals surface area contributed by atoms with Crippen LogP contribution < -0.4 is 14.4 Å². The Kier molecular flexibility index (Phi) is 4.73. The minimum absolute atomic E-state index is 0.0681. The number of carboxylic acid groups (broad SMARTS) is 1. The maximum absolute atomic E-state index is 11.2. The van der Waals surface area contributed by atoms with Crippen LogP contribution in [-0.4, -0.2) is 41.8 Å². The van der Waals surface area contributed by atoms with Gasteiger partial charge >= 0.3 is 5.97 Å². The molecule has 0 aliphatic heterocycles. The number of nitrogens with zero attached hydrogens (tertiary/aromatic N) is 3. The molecule has 2 aromatic carbocycles. The summed E-state index contributed by atoms with van der Waals surface area (Å²) in [5.74, 6) is 0.962. The second-order valence-electron chi connectivity index (χ2n) is 6.86. The summed E-state index contributed by atoms with van der Waals surface area (Å²) in [5, 5.41) is 9.20. The van der Waals surface area contributed by atoms with E-state index in [-0.39, 0.29) is 5.69 Å². The lowest BCUT2D eigenvalue weighted by Crippen LogP contribution is -2.20. The molecule has 7 heteroatoms. The summed E-state index contributed by atoms with van der Waals surface area (Å²) in [4.78, 5) is 21.9. The van der Waals surface area contributed by atoms with Gasteiger partial charge in [-0.1, -0.05) is 0 Å². The number of ether oxygens (including phenoxy) is 2. The highest BCUT2D eigenvalue weighted by atomic mass is 16.5. The molecular weight excluding hydrogens is 358 g/mol. The van der Waals surface area contributed by atoms with E-state index in [2.05, 4.69) is 14.9 Å². The highest BCUT2D eigenvalue weighted by Crippen LogP contribution is 2.38. The number of anilines is 2. The first-order chi connectivity index (χ1) is 13.6. The molecule has 0 bridgehead atoms. The van der Waals surface area contributed by atoms with Crippen LogP contribution in [-0.2, 0) is 0 Å². The normalized spacial score (nSPS) is 13.4. The molecule has 1 N–H and O–H groups in total. The predicted molar refractivity (Wildman–Crippen MR) is 106 cm³/mol. The van der Waals surface area contributed by atoms with E-state index in [0.717, 1.165) is 17.9 Å². The standard InChI is InChI=1S/C21H21N3O4/c1-27-16-7-15(8-17(10-16)28-2)24(12-13-3-4-13)14-5-6-18-19(9-14)23-20(11-22-18)21(25)26/h5-11,13H,3-4,12H2,1-2H3,(H,25,26). The topological polar surface area (TPSA) is 84.8 Å². The summed E-state index contributed by atoms with van der Waals surface area (Å²) < 4.78 is 10.8. The molecule has 0 atom stereocenters. The van der Waals surface area contributed by atoms with Crippen molar-refractivity contribution in [1.29, 1.82) is 0 Å². The van der Waals surface area contributed by atoms with Crippen molar-refractivity contribution in [2.75, 3.05) is 25.7 Å². The third kappa shape index (κ3) is 3.69. The van der Waals surface area contributed by atoms with E-state index in [9.17, 15) is 9.90 Å². The minimum Gasteiger partial charge on any atom is -0.497 e. The summed E-state index contributed by atoms with van der Waals surface area (Å²) in [5.41, 5.74) is 3.01. The Hall–Kier alpha value is -3.35. The van der Waals surface area contributed by atoms with Crippen LogP contribution in [0.1, 0.15) is 23.3 Å². The number of fused-ring (bicyclic) bond motifs is 1. The van der Waals surface area contributed by atoms with Gasteiger partial charge in [-0.15, -0.1) is 0 Å². The van der Waals surface area contributed by atoms with Crippen LogP contribution in [0.2, 0.25) is 0 Å². The molecule has 0 saturated heterocycles. The average molecular weight is 379 g/mol. The van der Waals surface area contributed by atoms with Gasteiger partial charge in [-0.2, -0.15) is 0 Å². The number of methoxy groups -OCH3 is 2. The summed E-state index contributed by atoms with van der Waals surface area (Å²) >= 11 is 0. The van der Waals surface area contributed by atoms with Gasteiger partial charge in [-0.05, 0) is 37.0 Å². The molecule has 4 rings (SSSR count). The molecule has 3 aromatic rings. The molecule has 0 radical (unpaired) electrons. The van der Waals surface area contributed by atoms with Gasteiger partial charge in [0.1, 0.15) is 11.5 Å². The van der Waals surface area contributed by atoms with Gasteiger partial charge in [0.15, 0.2) is 5.69 Å². The van der Waals surface area contributed by atoms with E-state index in [1.165, 1.54) is 19.0 Å². The van der Waals surface area contributed by atoms with Crippen LogP contribution in [0.15, 0.2) is 42.6 Å². The number of hydrogen-bond donors (Lipinski definition) is 1. The lowest BCUT2D eigenvalue weighted by Gasteiger charge is -2.26. The van der Waals surface area contributed by atoms with Crippen molar-refractivity contribution in [3.05, 3.63) is 48.3 Å². The van der Waals surface area contributed by atoms with Crippen LogP contribution in [0.5, 0.6) is 11.5 Å². The maximum Gasteiger partial charge on any atom is 0.356 e. The Morgan fingerprint density at radius 1 is 1.07 bits per heavy atom. The first-order valence-corrected chi connectivity index (χ1v) is 9.08. The summed E-state index contributed by atoms with van der Waals surface area (Å²) in [6.45, 7) is 0.855. The third-order valence-corrected chi connectivity index (χ3v) is 4.84. The second-order valence-corrected chi connectivity index (χ2v) is 6.86. The molecule has 7 nitrogen and oxygen atoms in total. The highest BCUT2D eigenvalue weighted by molar-refractivity contribution is 5.89. The van der Waals surface area contributed by atoms with Crippen LogP contribution in [0.4, 0.5) is 11.4 Å². The first-order valence-electron chi connectivity index (χ1n) is 9.08. The van der Waals surface area contributed by atoms with Crippen LogP contribution in [0.3, 0.4) is 0 Å². The molecule has 1 aromatic heterocycles. The summed E-state index contributed by atoms with van der Waals surface area (Å²) in [7, 11) is 3.26. The summed E-state index contributed by atoms with van der Waals surface area (Å²) in [6.07, 6.45) is 3.68. The fraction of sp³-hybridized carbons (Fsp3) is 0.286. The van der Waals surface area contributed by atoms with Crippen molar-refractivity contribution in [3.63, 3.8) is 0 Å². The van der Waals surface area contributed by atoms with E-state index in [1.54, 1.807) is 14.2 Å². The number of benzene rings is 2. The Morgan fingerprint density at radius 3 is 2.39 bits per heavy atom. The Labute approximate surface area is 162 Å². The molecular formula is C21H21N3O4. The van der Waals surface area contributed by atoms with Crippen LogP contribution in [0.25, 0.3) is 11.0 Å². The SMILES string of the molecule is COc1cc(OC)cc(N(CC2CC2)c2ccc3ncc(C(=O)O)nc3c2)c1. The largest absolute Gasteiger partial charge is 0.497 e. The number of hydrogen-bond acceptors (Lipinski definition) is 6. The van der Waals surface area contributed by atoms with E-state index in [4.69, 9.17) is 9.47 Å². The lowest BCUT2D eigenvalue weighted by molar-refractivity contribution is 0.0690. The second kappa shape index (κ2) is 7.34. The maximum atomic E-state index is 11.2. The Morgan fingerprint density at radius 2 is 1.79 bits per heavy atom. The highest BCUT2D eigenvalue weighted by Gasteiger charge is 2.26. The average Bonchev–Trinajstić information content (AvgIpc) is 3.55. The zero-order valence-corrected chi connectivity index (χ0v) is 15.8. The Balaban J connectivity index is 1.80. The van der Waals surface area contributed by atoms with Crippen molar-refractivity contribution in [3.8, 4) is 11.5 Å². The molecule has 28 heavy (non-hydrogen) atoms. The number of carboxylic acids is 1. The van der Waals surface area contributed by atoms with Crippen molar-refractivity contribution >= 4 is 28.4 Å². The molecule has 1 fully saturated rings. The number of aromatic nitrogens is 2. The van der Waals surface area contributed by atoms with Gasteiger partial charge in [0.25, 0.3) is 0 Å². The van der Waals surface area contributed by atoms with Gasteiger partial charge in [0.2, 0.25) is 0 Å². The molecule has 1 heterocycles. The molecule has 1 aliphatic rings. The molecule has 0 unspecified atom stereocenters. The van der Waals surface area contributed by atoms with Gasteiger partial charge in [-0.3, -0.25) is 4.98 Å². The smallest absolute Gasteiger partial charge is 0.356 e. The van der Waals surface area contributed by atoms with Gasteiger partial charge < -0.3 is 19.5 Å². The molecule has 144 valence electrons. The van der Waals surface area contributed by atoms with Crippen molar-refractivity contribution < 1.29 is 19.4 Å². The fourth-order valence-electron chi connectivity index (χ4n) is 3.14. The van der Waals surface area contributed by atoms with Gasteiger partial charge in [-0.25, -0.2) is 9.78 Å². The van der Waals surface area contributed by atoms with Crippen LogP contribution >= 0.6 is 0 Å². The third-order valence-electron chi connectivity index (χ3n) is 4.84. The molecule has 0 amide bonds. The number of carbonyl (C=O) groups is 1. The lowest BCUT2D eigenvalue weighted by atomic mass is 10.2. The monoisotopic (exact) mass is 379 g/mol. The molecule has 1 saturated carbocycles. The Bertz CT molecular complexity index is 1010. The predicted octanol–water partition coefficient (Wildman–Crippen LogP) is 3.89. The van der Waals surface area contributed by atoms with Gasteiger partial charge in [0.05, 0.1) is 31.4 Å². The zero-order chi connectivity index (χ0) is 19.7. The number of rotatable bonds is 7. The van der Waals surface area contributed by atoms with E-state index >= 15 is 0 Å². The first kappa shape index (κ1) is 18.0. The molecule has 0 spiro atoms.